The van der Waals surface area contributed by atoms with Crippen LogP contribution < -0.4 is 4.72 Å². The third kappa shape index (κ3) is 6.31. The number of hydrogen-bond donors (Lipinski definition) is 1. The minimum atomic E-state index is -3.53. The van der Waals surface area contributed by atoms with E-state index in [9.17, 15) is 13.2 Å². The van der Waals surface area contributed by atoms with Gasteiger partial charge in [0.1, 0.15) is 5.70 Å². The molecular formula is C33H56N2O3S. The maximum absolute atomic E-state index is 13.5. The van der Waals surface area contributed by atoms with Gasteiger partial charge in [-0.25, -0.2) is 8.42 Å². The van der Waals surface area contributed by atoms with Crippen molar-refractivity contribution in [2.24, 2.45) is 52.3 Å². The SMILES string of the molecule is CC(C)CCC[C@@H](C)[C@H]1CC[C@H]2[C@@H]3CC[C@H]4CC(C(=O)/C(=C/N(C)C)NS(C)(=O)=O)=CC[C@]4(C)[C@H]3CC[C@]12C. The van der Waals surface area contributed by atoms with E-state index in [1.54, 1.807) is 11.1 Å². The monoisotopic (exact) mass is 560 g/mol. The number of allylic oxidation sites excluding steroid dienone is 2. The van der Waals surface area contributed by atoms with E-state index in [-0.39, 0.29) is 16.9 Å². The molecule has 3 fully saturated rings. The first-order chi connectivity index (χ1) is 18.2. The van der Waals surface area contributed by atoms with E-state index in [1.165, 1.54) is 57.8 Å². The molecule has 0 aromatic heterocycles. The Kier molecular flexibility index (Phi) is 9.06. The first-order valence-electron chi connectivity index (χ1n) is 15.8. The van der Waals surface area contributed by atoms with Gasteiger partial charge in [0, 0.05) is 20.3 Å². The van der Waals surface area contributed by atoms with Crippen LogP contribution in [-0.2, 0) is 14.8 Å². The molecule has 0 aliphatic heterocycles. The van der Waals surface area contributed by atoms with Crippen molar-refractivity contribution >= 4 is 15.8 Å². The second-order valence-corrected chi connectivity index (χ2v) is 16.8. The summed E-state index contributed by atoms with van der Waals surface area (Å²) in [6.07, 6.45) is 18.7. The number of nitrogens with one attached hydrogen (secondary N) is 1. The molecular weight excluding hydrogens is 504 g/mol. The Bertz CT molecular complexity index is 1080. The predicted molar refractivity (Wildman–Crippen MR) is 161 cm³/mol. The van der Waals surface area contributed by atoms with Crippen LogP contribution in [0.3, 0.4) is 0 Å². The molecule has 0 aromatic carbocycles. The van der Waals surface area contributed by atoms with Crippen molar-refractivity contribution in [2.45, 2.75) is 105 Å². The summed E-state index contributed by atoms with van der Waals surface area (Å²) in [7, 11) is 0.0832. The minimum absolute atomic E-state index is 0.152. The maximum atomic E-state index is 13.5. The van der Waals surface area contributed by atoms with Gasteiger partial charge in [-0.15, -0.1) is 0 Å². The van der Waals surface area contributed by atoms with Gasteiger partial charge in [0.15, 0.2) is 0 Å². The lowest BCUT2D eigenvalue weighted by molar-refractivity contribution is -0.115. The van der Waals surface area contributed by atoms with E-state index in [2.05, 4.69) is 45.4 Å². The Morgan fingerprint density at radius 1 is 1.05 bits per heavy atom. The molecule has 8 atom stereocenters. The zero-order valence-corrected chi connectivity index (χ0v) is 26.9. The van der Waals surface area contributed by atoms with Crippen LogP contribution >= 0.6 is 0 Å². The summed E-state index contributed by atoms with van der Waals surface area (Å²) in [5.74, 6) is 5.26. The highest BCUT2D eigenvalue weighted by atomic mass is 32.2. The van der Waals surface area contributed by atoms with Crippen LogP contribution in [0.25, 0.3) is 0 Å². The smallest absolute Gasteiger partial charge is 0.229 e. The molecule has 39 heavy (non-hydrogen) atoms. The molecule has 0 radical (unpaired) electrons. The minimum Gasteiger partial charge on any atom is -0.382 e. The summed E-state index contributed by atoms with van der Waals surface area (Å²) in [6.45, 7) is 12.4. The lowest BCUT2D eigenvalue weighted by Crippen LogP contribution is -2.53. The summed E-state index contributed by atoms with van der Waals surface area (Å²) >= 11 is 0. The summed E-state index contributed by atoms with van der Waals surface area (Å²) in [6, 6.07) is 0. The van der Waals surface area contributed by atoms with Crippen LogP contribution in [0.5, 0.6) is 0 Å². The highest BCUT2D eigenvalue weighted by Gasteiger charge is 2.60. The highest BCUT2D eigenvalue weighted by molar-refractivity contribution is 7.88. The topological polar surface area (TPSA) is 66.5 Å². The Hall–Kier alpha value is -1.30. The first kappa shape index (κ1) is 30.7. The van der Waals surface area contributed by atoms with Crippen molar-refractivity contribution in [1.29, 1.82) is 0 Å². The van der Waals surface area contributed by atoms with Crippen molar-refractivity contribution in [2.75, 3.05) is 20.4 Å². The Labute approximate surface area is 239 Å². The van der Waals surface area contributed by atoms with Crippen LogP contribution in [0.4, 0.5) is 0 Å². The fourth-order valence-electron chi connectivity index (χ4n) is 9.85. The lowest BCUT2D eigenvalue weighted by atomic mass is 9.44. The molecule has 4 rings (SSSR count). The number of fused-ring (bicyclic) bond motifs is 5. The lowest BCUT2D eigenvalue weighted by Gasteiger charge is -2.60. The number of rotatable bonds is 10. The fourth-order valence-corrected chi connectivity index (χ4v) is 10.4. The van der Waals surface area contributed by atoms with Gasteiger partial charge < -0.3 is 4.90 Å². The molecule has 3 saturated carbocycles. The number of ketones is 1. The molecule has 4 aliphatic rings. The van der Waals surface area contributed by atoms with Crippen LogP contribution in [-0.4, -0.2) is 39.5 Å². The molecule has 6 heteroatoms. The van der Waals surface area contributed by atoms with Gasteiger partial charge in [-0.1, -0.05) is 60.0 Å². The molecule has 0 aromatic rings. The Balaban J connectivity index is 1.49. The van der Waals surface area contributed by atoms with E-state index in [0.717, 1.165) is 60.2 Å². The van der Waals surface area contributed by atoms with Gasteiger partial charge >= 0.3 is 0 Å². The molecule has 0 saturated heterocycles. The fraction of sp³-hybridized carbons (Fsp3) is 0.848. The molecule has 0 spiro atoms. The largest absolute Gasteiger partial charge is 0.382 e. The first-order valence-corrected chi connectivity index (χ1v) is 17.6. The number of carbonyl (C=O) groups is 1. The van der Waals surface area contributed by atoms with Crippen molar-refractivity contribution in [3.05, 3.63) is 23.5 Å². The molecule has 0 amide bonds. The molecule has 0 unspecified atom stereocenters. The summed E-state index contributed by atoms with van der Waals surface area (Å²) in [5, 5.41) is 0. The standard InChI is InChI=1S/C33H56N2O3S/c1-22(2)10-9-11-23(3)27-14-15-28-26-13-12-25-20-24(31(36)30(21-35(6)7)34-39(8,37)38)16-18-32(25,4)29(26)17-19-33(27,28)5/h16,21-23,25-29,34H,9-15,17-20H2,1-8H3/b30-21-/t23-,25+,26+,27-,28+,29+,32+,33-/m1/s1. The van der Waals surface area contributed by atoms with Gasteiger partial charge in [0.05, 0.1) is 6.26 Å². The number of nitrogens with zero attached hydrogens (tertiary/aromatic N) is 1. The number of sulfonamides is 1. The predicted octanol–water partition coefficient (Wildman–Crippen LogP) is 7.17. The van der Waals surface area contributed by atoms with Crippen LogP contribution in [0, 0.1) is 52.3 Å². The van der Waals surface area contributed by atoms with Crippen LogP contribution in [0.2, 0.25) is 0 Å². The Morgan fingerprint density at radius 2 is 1.74 bits per heavy atom. The van der Waals surface area contributed by atoms with Gasteiger partial charge in [-0.2, -0.15) is 0 Å². The van der Waals surface area contributed by atoms with Gasteiger partial charge in [0.25, 0.3) is 0 Å². The van der Waals surface area contributed by atoms with E-state index < -0.39 is 10.0 Å². The highest BCUT2D eigenvalue weighted by Crippen LogP contribution is 2.68. The molecule has 5 nitrogen and oxygen atoms in total. The Morgan fingerprint density at radius 3 is 2.38 bits per heavy atom. The number of hydrogen-bond acceptors (Lipinski definition) is 4. The van der Waals surface area contributed by atoms with Crippen molar-refractivity contribution in [3.63, 3.8) is 0 Å². The van der Waals surface area contributed by atoms with E-state index in [4.69, 9.17) is 0 Å². The molecule has 1 N–H and O–H groups in total. The summed E-state index contributed by atoms with van der Waals surface area (Å²) in [5.41, 5.74) is 1.68. The molecule has 0 heterocycles. The zero-order valence-electron chi connectivity index (χ0n) is 26.1. The summed E-state index contributed by atoms with van der Waals surface area (Å²) < 4.78 is 26.4. The van der Waals surface area contributed by atoms with Gasteiger partial charge in [-0.05, 0) is 109 Å². The average molecular weight is 561 g/mol. The van der Waals surface area contributed by atoms with Gasteiger partial charge in [-0.3, -0.25) is 9.52 Å². The number of Topliss-reactive ketones (excluding diaryl/α,β-unsaturated/α-hetero) is 1. The average Bonchev–Trinajstić information content (AvgIpc) is 3.18. The molecule has 0 bridgehead atoms. The van der Waals surface area contributed by atoms with Crippen molar-refractivity contribution in [3.8, 4) is 0 Å². The molecule has 4 aliphatic carbocycles. The van der Waals surface area contributed by atoms with Gasteiger partial charge in [0.2, 0.25) is 15.8 Å². The number of carbonyl (C=O) groups excluding carboxylic acids is 1. The second kappa shape index (κ2) is 11.5. The van der Waals surface area contributed by atoms with E-state index >= 15 is 0 Å². The van der Waals surface area contributed by atoms with E-state index in [0.29, 0.717) is 11.3 Å². The van der Waals surface area contributed by atoms with Crippen molar-refractivity contribution < 1.29 is 13.2 Å². The zero-order chi connectivity index (χ0) is 28.8. The second-order valence-electron chi connectivity index (χ2n) is 15.0. The van der Waals surface area contributed by atoms with Crippen molar-refractivity contribution in [1.82, 2.24) is 9.62 Å². The van der Waals surface area contributed by atoms with Crippen LogP contribution in [0.15, 0.2) is 23.5 Å². The third-order valence-electron chi connectivity index (χ3n) is 11.7. The van der Waals surface area contributed by atoms with Crippen LogP contribution in [0.1, 0.15) is 105 Å². The quantitative estimate of drug-likeness (QED) is 0.288. The summed E-state index contributed by atoms with van der Waals surface area (Å²) in [4.78, 5) is 15.2. The third-order valence-corrected chi connectivity index (χ3v) is 12.3. The molecule has 222 valence electrons. The normalized spacial score (nSPS) is 37.4. The maximum Gasteiger partial charge on any atom is 0.229 e. The van der Waals surface area contributed by atoms with E-state index in [1.807, 2.05) is 14.1 Å².